The number of carbonyl (C=O) groups is 1. The summed E-state index contributed by atoms with van der Waals surface area (Å²) in [5.41, 5.74) is 1.22. The van der Waals surface area contributed by atoms with Gasteiger partial charge < -0.3 is 9.90 Å². The second kappa shape index (κ2) is 5.79. The Balaban J connectivity index is 2.32. The fourth-order valence-electron chi connectivity index (χ4n) is 2.47. The van der Waals surface area contributed by atoms with Crippen LogP contribution in [0, 0.1) is 6.92 Å². The standard InChI is InChI=1S/C16H13ClN2O3S/c1-8(16(21)22)19-7-18-14-13(15(19)20)12(9(2)23-14)10-3-5-11(17)6-4-10/h3-8H,1-2H3,(H,21,22)/p-1/t8-/m1/s1. The van der Waals surface area contributed by atoms with E-state index in [1.807, 2.05) is 19.1 Å². The Morgan fingerprint density at radius 2 is 2.00 bits per heavy atom. The summed E-state index contributed by atoms with van der Waals surface area (Å²) < 4.78 is 1.09. The molecule has 2 heterocycles. The molecule has 118 valence electrons. The van der Waals surface area contributed by atoms with E-state index in [1.165, 1.54) is 24.6 Å². The van der Waals surface area contributed by atoms with Gasteiger partial charge in [-0.1, -0.05) is 23.7 Å². The lowest BCUT2D eigenvalue weighted by atomic mass is 10.0. The molecule has 23 heavy (non-hydrogen) atoms. The molecule has 0 saturated carbocycles. The number of carboxylic acids is 1. The SMILES string of the molecule is Cc1sc2ncn([C@H](C)C(=O)[O-])c(=O)c2c1-c1ccc(Cl)cc1. The third kappa shape index (κ3) is 2.64. The summed E-state index contributed by atoms with van der Waals surface area (Å²) >= 11 is 7.32. The van der Waals surface area contributed by atoms with Crippen LogP contribution in [0.25, 0.3) is 21.3 Å². The van der Waals surface area contributed by atoms with E-state index in [9.17, 15) is 14.7 Å². The van der Waals surface area contributed by atoms with Gasteiger partial charge in [-0.05, 0) is 31.5 Å². The Hall–Kier alpha value is -2.18. The van der Waals surface area contributed by atoms with Crippen molar-refractivity contribution in [2.24, 2.45) is 0 Å². The summed E-state index contributed by atoms with van der Waals surface area (Å²) in [7, 11) is 0. The van der Waals surface area contributed by atoms with Crippen LogP contribution in [-0.2, 0) is 4.79 Å². The van der Waals surface area contributed by atoms with Crippen LogP contribution in [0.1, 0.15) is 17.8 Å². The number of aryl methyl sites for hydroxylation is 1. The molecule has 0 aliphatic rings. The van der Waals surface area contributed by atoms with Crippen LogP contribution >= 0.6 is 22.9 Å². The van der Waals surface area contributed by atoms with Gasteiger partial charge in [0.15, 0.2) is 0 Å². The zero-order valence-electron chi connectivity index (χ0n) is 12.4. The summed E-state index contributed by atoms with van der Waals surface area (Å²) in [6.07, 6.45) is 1.26. The summed E-state index contributed by atoms with van der Waals surface area (Å²) in [6.45, 7) is 3.30. The smallest absolute Gasteiger partial charge is 0.263 e. The second-order valence-electron chi connectivity index (χ2n) is 5.17. The number of nitrogens with zero attached hydrogens (tertiary/aromatic N) is 2. The van der Waals surface area contributed by atoms with Crippen molar-refractivity contribution in [1.29, 1.82) is 0 Å². The highest BCUT2D eigenvalue weighted by Crippen LogP contribution is 2.35. The number of halogens is 1. The zero-order valence-corrected chi connectivity index (χ0v) is 13.9. The van der Waals surface area contributed by atoms with Gasteiger partial charge in [0.2, 0.25) is 0 Å². The number of carbonyl (C=O) groups excluding carboxylic acids is 1. The summed E-state index contributed by atoms with van der Waals surface area (Å²) in [4.78, 5) is 29.6. The van der Waals surface area contributed by atoms with E-state index >= 15 is 0 Å². The van der Waals surface area contributed by atoms with Crippen molar-refractivity contribution in [2.45, 2.75) is 19.9 Å². The summed E-state index contributed by atoms with van der Waals surface area (Å²) in [5.74, 6) is -1.33. The third-order valence-corrected chi connectivity index (χ3v) is 4.97. The topological polar surface area (TPSA) is 75.0 Å². The van der Waals surface area contributed by atoms with Crippen molar-refractivity contribution in [2.75, 3.05) is 0 Å². The maximum absolute atomic E-state index is 12.8. The maximum atomic E-state index is 12.8. The molecule has 3 aromatic rings. The molecule has 3 rings (SSSR count). The van der Waals surface area contributed by atoms with Crippen LogP contribution in [-0.4, -0.2) is 15.5 Å². The van der Waals surface area contributed by atoms with E-state index in [1.54, 1.807) is 12.1 Å². The molecule has 0 spiro atoms. The minimum atomic E-state index is -1.33. The molecule has 0 N–H and O–H groups in total. The predicted octanol–water partition coefficient (Wildman–Crippen LogP) is 2.40. The first-order chi connectivity index (χ1) is 10.9. The first-order valence-corrected chi connectivity index (χ1v) is 8.06. The molecule has 0 amide bonds. The number of hydrogen-bond acceptors (Lipinski definition) is 5. The maximum Gasteiger partial charge on any atom is 0.263 e. The van der Waals surface area contributed by atoms with Crippen molar-refractivity contribution in [3.8, 4) is 11.1 Å². The number of carboxylic acid groups (broad SMARTS) is 1. The lowest BCUT2D eigenvalue weighted by Gasteiger charge is -2.15. The van der Waals surface area contributed by atoms with Gasteiger partial charge in [0, 0.05) is 15.5 Å². The van der Waals surface area contributed by atoms with Gasteiger partial charge in [-0.3, -0.25) is 9.36 Å². The quantitative estimate of drug-likeness (QED) is 0.729. The van der Waals surface area contributed by atoms with Crippen LogP contribution in [0.15, 0.2) is 35.4 Å². The number of aromatic nitrogens is 2. The molecule has 1 atom stereocenters. The van der Waals surface area contributed by atoms with Gasteiger partial charge in [-0.15, -0.1) is 11.3 Å². The van der Waals surface area contributed by atoms with Crippen LogP contribution < -0.4 is 10.7 Å². The molecule has 0 unspecified atom stereocenters. The molecule has 0 aliphatic heterocycles. The van der Waals surface area contributed by atoms with Crippen molar-refractivity contribution in [1.82, 2.24) is 9.55 Å². The fourth-order valence-corrected chi connectivity index (χ4v) is 3.60. The molecular weight excluding hydrogens is 336 g/mol. The third-order valence-electron chi connectivity index (χ3n) is 3.70. The lowest BCUT2D eigenvalue weighted by molar-refractivity contribution is -0.309. The summed E-state index contributed by atoms with van der Waals surface area (Å²) in [5, 5.41) is 12.1. The largest absolute Gasteiger partial charge is 0.548 e. The molecule has 7 heteroatoms. The number of thiophene rings is 1. The minimum absolute atomic E-state index is 0.388. The number of benzene rings is 1. The van der Waals surface area contributed by atoms with Crippen LogP contribution in [0.2, 0.25) is 5.02 Å². The Bertz CT molecular complexity index is 960. The molecule has 0 radical (unpaired) electrons. The normalized spacial score (nSPS) is 12.5. The first kappa shape index (κ1) is 15.7. The van der Waals surface area contributed by atoms with Crippen molar-refractivity contribution in [3.05, 3.63) is 50.8 Å². The number of aliphatic carboxylic acids is 1. The van der Waals surface area contributed by atoms with E-state index in [-0.39, 0.29) is 5.56 Å². The lowest BCUT2D eigenvalue weighted by Crippen LogP contribution is -2.36. The fraction of sp³-hybridized carbons (Fsp3) is 0.188. The monoisotopic (exact) mass is 347 g/mol. The molecule has 1 aromatic carbocycles. The van der Waals surface area contributed by atoms with Gasteiger partial charge in [0.05, 0.1) is 23.7 Å². The first-order valence-electron chi connectivity index (χ1n) is 6.87. The average Bonchev–Trinajstić information content (AvgIpc) is 2.85. The predicted molar refractivity (Wildman–Crippen MR) is 88.8 cm³/mol. The van der Waals surface area contributed by atoms with E-state index in [2.05, 4.69) is 4.98 Å². The Kier molecular flexibility index (Phi) is 3.95. The van der Waals surface area contributed by atoms with E-state index in [0.29, 0.717) is 15.2 Å². The van der Waals surface area contributed by atoms with E-state index in [0.717, 1.165) is 20.6 Å². The molecular formula is C16H12ClN2O3S-. The molecule has 0 saturated heterocycles. The van der Waals surface area contributed by atoms with Gasteiger partial charge >= 0.3 is 0 Å². The van der Waals surface area contributed by atoms with Crippen LogP contribution in [0.4, 0.5) is 0 Å². The van der Waals surface area contributed by atoms with E-state index in [4.69, 9.17) is 11.6 Å². The van der Waals surface area contributed by atoms with Crippen LogP contribution in [0.3, 0.4) is 0 Å². The highest BCUT2D eigenvalue weighted by atomic mass is 35.5. The molecule has 0 aliphatic carbocycles. The van der Waals surface area contributed by atoms with Gasteiger partial charge in [0.1, 0.15) is 4.83 Å². The Morgan fingerprint density at radius 3 is 2.61 bits per heavy atom. The average molecular weight is 348 g/mol. The van der Waals surface area contributed by atoms with Crippen molar-refractivity contribution in [3.63, 3.8) is 0 Å². The second-order valence-corrected chi connectivity index (χ2v) is 6.81. The summed E-state index contributed by atoms with van der Waals surface area (Å²) in [6, 6.07) is 6.07. The Labute approximate surface area is 140 Å². The van der Waals surface area contributed by atoms with Crippen LogP contribution in [0.5, 0.6) is 0 Å². The molecule has 2 aromatic heterocycles. The number of fused-ring (bicyclic) bond motifs is 1. The van der Waals surface area contributed by atoms with Gasteiger partial charge in [0.25, 0.3) is 5.56 Å². The molecule has 5 nitrogen and oxygen atoms in total. The van der Waals surface area contributed by atoms with Crippen molar-refractivity contribution >= 4 is 39.1 Å². The zero-order chi connectivity index (χ0) is 16.7. The molecule has 0 bridgehead atoms. The van der Waals surface area contributed by atoms with Gasteiger partial charge in [-0.2, -0.15) is 0 Å². The number of rotatable bonds is 3. The molecule has 0 fully saturated rings. The van der Waals surface area contributed by atoms with E-state index < -0.39 is 12.0 Å². The minimum Gasteiger partial charge on any atom is -0.548 e. The number of hydrogen-bond donors (Lipinski definition) is 0. The van der Waals surface area contributed by atoms with Gasteiger partial charge in [-0.25, -0.2) is 4.98 Å². The Morgan fingerprint density at radius 1 is 1.35 bits per heavy atom. The highest BCUT2D eigenvalue weighted by molar-refractivity contribution is 7.19. The highest BCUT2D eigenvalue weighted by Gasteiger charge is 2.18. The van der Waals surface area contributed by atoms with Crippen molar-refractivity contribution < 1.29 is 9.90 Å².